The Morgan fingerprint density at radius 2 is 1.12 bits per heavy atom. The van der Waals surface area contributed by atoms with E-state index < -0.39 is 17.6 Å². The SMILES string of the molecule is C[Si]12OCC3(CO1)CC31CO[Si](C)(OC1)O2. The molecule has 0 radical (unpaired) electrons. The average Bonchev–Trinajstić information content (AvgIpc) is 2.84. The fourth-order valence-corrected chi connectivity index (χ4v) is 9.08. The highest BCUT2D eigenvalue weighted by Gasteiger charge is 2.75. The van der Waals surface area contributed by atoms with E-state index in [2.05, 4.69) is 0 Å². The van der Waals surface area contributed by atoms with Crippen LogP contribution in [0.4, 0.5) is 0 Å². The maximum Gasteiger partial charge on any atom is 0.490 e. The van der Waals surface area contributed by atoms with Crippen LogP contribution in [0.1, 0.15) is 6.42 Å². The Bertz CT molecular complexity index is 312. The summed E-state index contributed by atoms with van der Waals surface area (Å²) < 4.78 is 29.6. The monoisotopic (exact) mass is 260 g/mol. The summed E-state index contributed by atoms with van der Waals surface area (Å²) in [4.78, 5) is 0. The van der Waals surface area contributed by atoms with Gasteiger partial charge in [-0.15, -0.1) is 0 Å². The fourth-order valence-electron chi connectivity index (χ4n) is 3.12. The highest BCUT2D eigenvalue weighted by atomic mass is 28.5. The van der Waals surface area contributed by atoms with E-state index in [1.807, 2.05) is 13.1 Å². The van der Waals surface area contributed by atoms with Crippen molar-refractivity contribution in [2.24, 2.45) is 10.8 Å². The first-order valence-electron chi connectivity index (χ1n) is 5.75. The Hall–Kier alpha value is 0.234. The molecule has 7 heteroatoms. The second-order valence-corrected chi connectivity index (χ2v) is 11.1. The minimum Gasteiger partial charge on any atom is -0.373 e. The van der Waals surface area contributed by atoms with Crippen LogP contribution in [0.3, 0.4) is 0 Å². The van der Waals surface area contributed by atoms with Crippen molar-refractivity contribution in [3.05, 3.63) is 0 Å². The van der Waals surface area contributed by atoms with Gasteiger partial charge in [0.25, 0.3) is 0 Å². The number of hydrogen-bond donors (Lipinski definition) is 0. The zero-order valence-electron chi connectivity index (χ0n) is 9.58. The van der Waals surface area contributed by atoms with Crippen molar-refractivity contribution in [1.82, 2.24) is 0 Å². The van der Waals surface area contributed by atoms with Gasteiger partial charge in [0, 0.05) is 50.4 Å². The second-order valence-electron chi connectivity index (χ2n) is 5.72. The van der Waals surface area contributed by atoms with Gasteiger partial charge >= 0.3 is 17.6 Å². The lowest BCUT2D eigenvalue weighted by Crippen LogP contribution is -2.58. The molecule has 5 nitrogen and oxygen atoms in total. The molecule has 0 aromatic carbocycles. The molecule has 6 heterocycles. The molecular weight excluding hydrogens is 244 g/mol. The lowest BCUT2D eigenvalue weighted by Gasteiger charge is -2.37. The molecule has 0 aromatic heterocycles. The topological polar surface area (TPSA) is 46.2 Å². The van der Waals surface area contributed by atoms with Gasteiger partial charge in [-0.25, -0.2) is 0 Å². The molecule has 0 atom stereocenters. The van der Waals surface area contributed by atoms with Crippen LogP contribution in [0.2, 0.25) is 13.1 Å². The third kappa shape index (κ3) is 1.12. The summed E-state index contributed by atoms with van der Waals surface area (Å²) in [7, 11) is -5.00. The summed E-state index contributed by atoms with van der Waals surface area (Å²) in [6, 6.07) is 0. The maximum atomic E-state index is 5.97. The summed E-state index contributed by atoms with van der Waals surface area (Å²) in [6.07, 6.45) is 1.11. The minimum atomic E-state index is -2.50. The van der Waals surface area contributed by atoms with Crippen LogP contribution in [0.25, 0.3) is 0 Å². The summed E-state index contributed by atoms with van der Waals surface area (Å²) in [5.41, 5.74) is 0.284. The van der Waals surface area contributed by atoms with Gasteiger partial charge in [-0.1, -0.05) is 0 Å². The molecule has 0 aromatic rings. The highest BCUT2D eigenvalue weighted by molar-refractivity contribution is 6.73. The van der Waals surface area contributed by atoms with E-state index in [-0.39, 0.29) is 10.8 Å². The molecule has 7 aliphatic rings. The van der Waals surface area contributed by atoms with Crippen LogP contribution in [0.15, 0.2) is 0 Å². The third-order valence-corrected chi connectivity index (χ3v) is 10.1. The molecule has 1 saturated carbocycles. The predicted octanol–water partition coefficient (Wildman–Crippen LogP) is 0.624. The Morgan fingerprint density at radius 1 is 0.750 bits per heavy atom. The zero-order chi connectivity index (χ0) is 11.1. The van der Waals surface area contributed by atoms with Gasteiger partial charge < -0.3 is 21.8 Å². The van der Waals surface area contributed by atoms with E-state index >= 15 is 0 Å². The summed E-state index contributed by atoms with van der Waals surface area (Å²) in [5.74, 6) is 0. The van der Waals surface area contributed by atoms with Gasteiger partial charge in [0.15, 0.2) is 0 Å². The molecule has 90 valence electrons. The van der Waals surface area contributed by atoms with Gasteiger partial charge in [-0.05, 0) is 6.42 Å². The van der Waals surface area contributed by atoms with E-state index in [9.17, 15) is 0 Å². The average molecular weight is 260 g/mol. The lowest BCUT2D eigenvalue weighted by molar-refractivity contribution is -0.00995. The molecule has 0 amide bonds. The Morgan fingerprint density at radius 3 is 1.50 bits per heavy atom. The fraction of sp³-hybridized carbons (Fsp3) is 1.00. The molecule has 2 spiro atoms. The van der Waals surface area contributed by atoms with E-state index in [1.54, 1.807) is 0 Å². The van der Waals surface area contributed by atoms with E-state index in [4.69, 9.17) is 21.8 Å². The van der Waals surface area contributed by atoms with Crippen LogP contribution in [-0.4, -0.2) is 44.0 Å². The molecule has 0 N–H and O–H groups in total. The van der Waals surface area contributed by atoms with Crippen molar-refractivity contribution in [2.75, 3.05) is 26.4 Å². The molecular formula is C9H16O5Si2. The van der Waals surface area contributed by atoms with Gasteiger partial charge in [0.1, 0.15) is 0 Å². The van der Waals surface area contributed by atoms with Crippen LogP contribution < -0.4 is 0 Å². The Labute approximate surface area is 96.7 Å². The summed E-state index contributed by atoms with van der Waals surface area (Å²) in [6.45, 7) is 6.91. The van der Waals surface area contributed by atoms with Gasteiger partial charge in [-0.2, -0.15) is 0 Å². The second kappa shape index (κ2) is 2.63. The molecule has 6 aliphatic heterocycles. The minimum absolute atomic E-state index is 0.142. The molecule has 1 aliphatic carbocycles. The molecule has 4 bridgehead atoms. The van der Waals surface area contributed by atoms with Crippen molar-refractivity contribution in [3.63, 3.8) is 0 Å². The molecule has 16 heavy (non-hydrogen) atoms. The lowest BCUT2D eigenvalue weighted by atomic mass is 9.95. The van der Waals surface area contributed by atoms with Gasteiger partial charge in [0.05, 0.1) is 0 Å². The first kappa shape index (κ1) is 10.2. The van der Waals surface area contributed by atoms with Crippen LogP contribution in [-0.2, 0) is 21.8 Å². The standard InChI is InChI=1S/C9H16O5Si2/c1-15-10-4-8(5-11-15)3-9(8)6-12-16(2,14-15)13-7-9/h3-7H2,1-2H3. The van der Waals surface area contributed by atoms with Crippen LogP contribution in [0.5, 0.6) is 0 Å². The van der Waals surface area contributed by atoms with Crippen molar-refractivity contribution in [3.8, 4) is 0 Å². The normalized spacial score (nSPS) is 63.4. The zero-order valence-corrected chi connectivity index (χ0v) is 11.6. The quantitative estimate of drug-likeness (QED) is 0.598. The van der Waals surface area contributed by atoms with E-state index in [0.717, 1.165) is 32.8 Å². The maximum absolute atomic E-state index is 5.97. The van der Waals surface area contributed by atoms with Crippen LogP contribution >= 0.6 is 0 Å². The van der Waals surface area contributed by atoms with Crippen molar-refractivity contribution in [1.29, 1.82) is 0 Å². The number of hydrogen-bond acceptors (Lipinski definition) is 5. The van der Waals surface area contributed by atoms with E-state index in [0.29, 0.717) is 0 Å². The summed E-state index contributed by atoms with van der Waals surface area (Å²) in [5, 5.41) is 0. The smallest absolute Gasteiger partial charge is 0.373 e. The van der Waals surface area contributed by atoms with Crippen molar-refractivity contribution >= 4 is 17.6 Å². The first-order chi connectivity index (χ1) is 7.49. The summed E-state index contributed by atoms with van der Waals surface area (Å²) >= 11 is 0. The van der Waals surface area contributed by atoms with E-state index in [1.165, 1.54) is 0 Å². The molecule has 0 unspecified atom stereocenters. The van der Waals surface area contributed by atoms with Crippen molar-refractivity contribution in [2.45, 2.75) is 19.5 Å². The molecule has 7 rings (SSSR count). The van der Waals surface area contributed by atoms with Gasteiger partial charge in [0.2, 0.25) is 0 Å². The Kier molecular flexibility index (Phi) is 1.68. The third-order valence-electron chi connectivity index (χ3n) is 4.49. The largest absolute Gasteiger partial charge is 0.490 e. The Balaban J connectivity index is 1.78. The molecule has 7 fully saturated rings. The molecule has 6 saturated heterocycles. The van der Waals surface area contributed by atoms with Crippen LogP contribution in [0, 0.1) is 10.8 Å². The van der Waals surface area contributed by atoms with Gasteiger partial charge in [-0.3, -0.25) is 0 Å². The highest BCUT2D eigenvalue weighted by Crippen LogP contribution is 2.68. The first-order valence-corrected chi connectivity index (χ1v) is 10.2. The predicted molar refractivity (Wildman–Crippen MR) is 57.6 cm³/mol. The number of rotatable bonds is 0. The van der Waals surface area contributed by atoms with Crippen molar-refractivity contribution < 1.29 is 21.8 Å².